The Morgan fingerprint density at radius 2 is 1.63 bits per heavy atom. The first-order chi connectivity index (χ1) is 12.6. The standard InChI is InChI=1S/C20H23N3O4/c1-20(2,3)23-17(24)15-5-4-6-16(11-15)22-19(27)21-12-13-7-9-14(10-8-13)18(25)26/h4-11H,12H2,1-3H3,(H,23,24)(H,25,26)(H2,21,22,27). The van der Waals surface area contributed by atoms with Crippen molar-refractivity contribution in [1.29, 1.82) is 0 Å². The number of carboxylic acid groups (broad SMARTS) is 1. The Hall–Kier alpha value is -3.35. The smallest absolute Gasteiger partial charge is 0.335 e. The number of aromatic carboxylic acids is 1. The van der Waals surface area contributed by atoms with Gasteiger partial charge in [0.25, 0.3) is 5.91 Å². The first-order valence-corrected chi connectivity index (χ1v) is 8.44. The van der Waals surface area contributed by atoms with Crippen molar-refractivity contribution in [1.82, 2.24) is 10.6 Å². The van der Waals surface area contributed by atoms with Crippen molar-refractivity contribution in [3.63, 3.8) is 0 Å². The van der Waals surface area contributed by atoms with Crippen LogP contribution in [0.2, 0.25) is 0 Å². The number of nitrogens with one attached hydrogen (secondary N) is 3. The lowest BCUT2D eigenvalue weighted by Crippen LogP contribution is -2.40. The zero-order chi connectivity index (χ0) is 20.0. The maximum atomic E-state index is 12.2. The maximum Gasteiger partial charge on any atom is 0.335 e. The molecule has 0 saturated carbocycles. The minimum atomic E-state index is -0.998. The van der Waals surface area contributed by atoms with Crippen molar-refractivity contribution in [2.75, 3.05) is 5.32 Å². The summed E-state index contributed by atoms with van der Waals surface area (Å²) >= 11 is 0. The van der Waals surface area contributed by atoms with Gasteiger partial charge >= 0.3 is 12.0 Å². The average molecular weight is 369 g/mol. The molecule has 0 atom stereocenters. The molecule has 2 rings (SSSR count). The van der Waals surface area contributed by atoms with Crippen LogP contribution in [0.4, 0.5) is 10.5 Å². The molecule has 0 aliphatic rings. The molecule has 0 bridgehead atoms. The average Bonchev–Trinajstić information content (AvgIpc) is 2.59. The predicted molar refractivity (Wildman–Crippen MR) is 103 cm³/mol. The summed E-state index contributed by atoms with van der Waals surface area (Å²) in [6.07, 6.45) is 0. The summed E-state index contributed by atoms with van der Waals surface area (Å²) in [5, 5.41) is 17.1. The summed E-state index contributed by atoms with van der Waals surface area (Å²) in [5.74, 6) is -1.22. The van der Waals surface area contributed by atoms with Crippen LogP contribution in [-0.2, 0) is 6.54 Å². The predicted octanol–water partition coefficient (Wildman–Crippen LogP) is 3.23. The molecule has 0 heterocycles. The largest absolute Gasteiger partial charge is 0.478 e. The summed E-state index contributed by atoms with van der Waals surface area (Å²) < 4.78 is 0. The maximum absolute atomic E-state index is 12.2. The third-order valence-electron chi connectivity index (χ3n) is 3.53. The third-order valence-corrected chi connectivity index (χ3v) is 3.53. The minimum absolute atomic E-state index is 0.188. The van der Waals surface area contributed by atoms with Gasteiger partial charge in [0.2, 0.25) is 0 Å². The molecule has 0 saturated heterocycles. The Morgan fingerprint density at radius 1 is 0.963 bits per heavy atom. The number of benzene rings is 2. The second-order valence-corrected chi connectivity index (χ2v) is 7.09. The van der Waals surface area contributed by atoms with Gasteiger partial charge in [-0.1, -0.05) is 18.2 Å². The highest BCUT2D eigenvalue weighted by Gasteiger charge is 2.15. The third kappa shape index (κ3) is 6.47. The fourth-order valence-corrected chi connectivity index (χ4v) is 2.27. The molecule has 0 aromatic heterocycles. The number of carboxylic acids is 1. The van der Waals surface area contributed by atoms with Crippen LogP contribution in [0, 0.1) is 0 Å². The van der Waals surface area contributed by atoms with Gasteiger partial charge in [-0.25, -0.2) is 9.59 Å². The highest BCUT2D eigenvalue weighted by Crippen LogP contribution is 2.12. The van der Waals surface area contributed by atoms with Crippen molar-refractivity contribution < 1.29 is 19.5 Å². The van der Waals surface area contributed by atoms with E-state index in [1.807, 2.05) is 20.8 Å². The van der Waals surface area contributed by atoms with Gasteiger partial charge in [0.05, 0.1) is 5.56 Å². The van der Waals surface area contributed by atoms with E-state index in [-0.39, 0.29) is 23.6 Å². The summed E-state index contributed by atoms with van der Waals surface area (Å²) in [7, 11) is 0. The SMILES string of the molecule is CC(C)(C)NC(=O)c1cccc(NC(=O)NCc2ccc(C(=O)O)cc2)c1. The lowest BCUT2D eigenvalue weighted by molar-refractivity contribution is 0.0696. The van der Waals surface area contributed by atoms with E-state index in [1.165, 1.54) is 12.1 Å². The lowest BCUT2D eigenvalue weighted by Gasteiger charge is -2.20. The lowest BCUT2D eigenvalue weighted by atomic mass is 10.1. The molecule has 0 radical (unpaired) electrons. The number of hydrogen-bond donors (Lipinski definition) is 4. The molecule has 4 N–H and O–H groups in total. The zero-order valence-electron chi connectivity index (χ0n) is 15.5. The van der Waals surface area contributed by atoms with Crippen LogP contribution in [0.15, 0.2) is 48.5 Å². The van der Waals surface area contributed by atoms with Gasteiger partial charge in [-0.15, -0.1) is 0 Å². The van der Waals surface area contributed by atoms with Gasteiger partial charge in [-0.3, -0.25) is 4.79 Å². The Balaban J connectivity index is 1.92. The van der Waals surface area contributed by atoms with Crippen molar-refractivity contribution >= 4 is 23.6 Å². The Morgan fingerprint density at radius 3 is 2.22 bits per heavy atom. The molecule has 3 amide bonds. The van der Waals surface area contributed by atoms with E-state index < -0.39 is 12.0 Å². The molecule has 2 aromatic rings. The van der Waals surface area contributed by atoms with E-state index in [2.05, 4.69) is 16.0 Å². The highest BCUT2D eigenvalue weighted by atomic mass is 16.4. The summed E-state index contributed by atoms with van der Waals surface area (Å²) in [4.78, 5) is 35.1. The topological polar surface area (TPSA) is 108 Å². The van der Waals surface area contributed by atoms with Gasteiger partial charge in [0.15, 0.2) is 0 Å². The number of rotatable bonds is 5. The van der Waals surface area contributed by atoms with Crippen LogP contribution in [0.3, 0.4) is 0 Å². The zero-order valence-corrected chi connectivity index (χ0v) is 15.5. The van der Waals surface area contributed by atoms with Crippen molar-refractivity contribution in [2.24, 2.45) is 0 Å². The Kier molecular flexibility index (Phi) is 6.18. The monoisotopic (exact) mass is 369 g/mol. The second-order valence-electron chi connectivity index (χ2n) is 7.09. The van der Waals surface area contributed by atoms with E-state index in [0.29, 0.717) is 11.3 Å². The first-order valence-electron chi connectivity index (χ1n) is 8.44. The van der Waals surface area contributed by atoms with Crippen molar-refractivity contribution in [3.05, 3.63) is 65.2 Å². The van der Waals surface area contributed by atoms with Gasteiger partial charge in [-0.05, 0) is 56.7 Å². The Bertz CT molecular complexity index is 839. The molecule has 142 valence electrons. The summed E-state index contributed by atoms with van der Waals surface area (Å²) in [5.41, 5.74) is 1.55. The molecule has 0 spiro atoms. The number of carbonyl (C=O) groups is 3. The van der Waals surface area contributed by atoms with Gasteiger partial charge in [-0.2, -0.15) is 0 Å². The molecule has 0 unspecified atom stereocenters. The van der Waals surface area contributed by atoms with Crippen molar-refractivity contribution in [3.8, 4) is 0 Å². The quantitative estimate of drug-likeness (QED) is 0.649. The first kappa shape index (κ1) is 20.0. The summed E-state index contributed by atoms with van der Waals surface area (Å²) in [6.45, 7) is 5.92. The molecule has 27 heavy (non-hydrogen) atoms. The number of anilines is 1. The van der Waals surface area contributed by atoms with Crippen LogP contribution in [0.1, 0.15) is 47.1 Å². The normalized spacial score (nSPS) is 10.8. The Labute approximate surface area is 157 Å². The molecular weight excluding hydrogens is 346 g/mol. The molecule has 0 aliphatic carbocycles. The van der Waals surface area contributed by atoms with E-state index in [1.54, 1.807) is 36.4 Å². The molecular formula is C20H23N3O4. The number of hydrogen-bond acceptors (Lipinski definition) is 3. The fourth-order valence-electron chi connectivity index (χ4n) is 2.27. The number of amides is 3. The van der Waals surface area contributed by atoms with Crippen LogP contribution >= 0.6 is 0 Å². The van der Waals surface area contributed by atoms with E-state index in [0.717, 1.165) is 5.56 Å². The number of urea groups is 1. The molecule has 0 fully saturated rings. The van der Waals surface area contributed by atoms with E-state index in [9.17, 15) is 14.4 Å². The van der Waals surface area contributed by atoms with Crippen LogP contribution in [-0.4, -0.2) is 28.6 Å². The van der Waals surface area contributed by atoms with E-state index >= 15 is 0 Å². The number of carbonyl (C=O) groups excluding carboxylic acids is 2. The highest BCUT2D eigenvalue weighted by molar-refractivity contribution is 5.97. The van der Waals surface area contributed by atoms with Crippen LogP contribution in [0.25, 0.3) is 0 Å². The molecule has 0 aliphatic heterocycles. The molecule has 2 aromatic carbocycles. The molecule has 7 heteroatoms. The fraction of sp³-hybridized carbons (Fsp3) is 0.250. The van der Waals surface area contributed by atoms with Crippen LogP contribution in [0.5, 0.6) is 0 Å². The van der Waals surface area contributed by atoms with Gasteiger partial charge in [0.1, 0.15) is 0 Å². The molecule has 7 nitrogen and oxygen atoms in total. The van der Waals surface area contributed by atoms with Gasteiger partial charge < -0.3 is 21.1 Å². The van der Waals surface area contributed by atoms with E-state index in [4.69, 9.17) is 5.11 Å². The van der Waals surface area contributed by atoms with Crippen molar-refractivity contribution in [2.45, 2.75) is 32.9 Å². The second kappa shape index (κ2) is 8.35. The minimum Gasteiger partial charge on any atom is -0.478 e. The van der Waals surface area contributed by atoms with Gasteiger partial charge in [0, 0.05) is 23.3 Å². The van der Waals surface area contributed by atoms with Crippen LogP contribution < -0.4 is 16.0 Å². The summed E-state index contributed by atoms with van der Waals surface area (Å²) in [6, 6.07) is 12.5.